The Labute approximate surface area is 121 Å². The lowest BCUT2D eigenvalue weighted by molar-refractivity contribution is 0.251. The Hall–Kier alpha value is -1.45. The molecular formula is C17H23N3. The van der Waals surface area contributed by atoms with E-state index in [4.69, 9.17) is 0 Å². The van der Waals surface area contributed by atoms with Crippen LogP contribution < -0.4 is 5.32 Å². The van der Waals surface area contributed by atoms with Crippen LogP contribution in [-0.4, -0.2) is 35.6 Å². The summed E-state index contributed by atoms with van der Waals surface area (Å²) in [6.07, 6.45) is 6.50. The molecule has 106 valence electrons. The number of hydrogen-bond acceptors (Lipinski definition) is 3. The first-order valence-corrected chi connectivity index (χ1v) is 7.60. The third-order valence-electron chi connectivity index (χ3n) is 4.24. The number of likely N-dealkylation sites (tertiary alicyclic amines) is 1. The van der Waals surface area contributed by atoms with Gasteiger partial charge in [-0.25, -0.2) is 0 Å². The third kappa shape index (κ3) is 3.17. The minimum absolute atomic E-state index is 0.641. The zero-order chi connectivity index (χ0) is 13.8. The van der Waals surface area contributed by atoms with Gasteiger partial charge in [-0.05, 0) is 55.9 Å². The van der Waals surface area contributed by atoms with E-state index in [2.05, 4.69) is 46.4 Å². The van der Waals surface area contributed by atoms with Crippen molar-refractivity contribution in [2.45, 2.75) is 32.4 Å². The molecule has 3 rings (SSSR count). The van der Waals surface area contributed by atoms with E-state index in [1.165, 1.54) is 42.3 Å². The smallest absolute Gasteiger partial charge is 0.0346 e. The molecule has 1 unspecified atom stereocenters. The number of nitrogens with zero attached hydrogens (tertiary/aromatic N) is 2. The summed E-state index contributed by atoms with van der Waals surface area (Å²) in [5, 5.41) is 6.07. The predicted molar refractivity (Wildman–Crippen MR) is 83.7 cm³/mol. The van der Waals surface area contributed by atoms with Crippen LogP contribution in [0.5, 0.6) is 0 Å². The molecule has 3 heteroatoms. The molecule has 1 aliphatic rings. The van der Waals surface area contributed by atoms with E-state index >= 15 is 0 Å². The molecule has 2 aromatic rings. The minimum Gasteiger partial charge on any atom is -0.311 e. The highest BCUT2D eigenvalue weighted by Gasteiger charge is 2.17. The molecule has 1 saturated heterocycles. The highest BCUT2D eigenvalue weighted by Crippen LogP contribution is 2.14. The summed E-state index contributed by atoms with van der Waals surface area (Å²) in [7, 11) is 0. The van der Waals surface area contributed by atoms with Gasteiger partial charge in [-0.1, -0.05) is 12.1 Å². The van der Waals surface area contributed by atoms with E-state index in [0.717, 1.165) is 13.1 Å². The van der Waals surface area contributed by atoms with Crippen LogP contribution in [0, 0.1) is 0 Å². The molecule has 0 bridgehead atoms. The summed E-state index contributed by atoms with van der Waals surface area (Å²) in [6, 6.07) is 9.32. The number of hydrogen-bond donors (Lipinski definition) is 1. The molecule has 1 atom stereocenters. The van der Waals surface area contributed by atoms with Crippen LogP contribution in [0.15, 0.2) is 36.7 Å². The van der Waals surface area contributed by atoms with Crippen molar-refractivity contribution in [2.75, 3.05) is 19.6 Å². The molecule has 1 fully saturated rings. The first kappa shape index (κ1) is 13.5. The number of aromatic nitrogens is 1. The molecule has 1 aliphatic heterocycles. The van der Waals surface area contributed by atoms with Gasteiger partial charge in [0.2, 0.25) is 0 Å². The second-order valence-electron chi connectivity index (χ2n) is 5.78. The predicted octanol–water partition coefficient (Wildman–Crippen LogP) is 2.81. The normalized spacial score (nSPS) is 17.6. The standard InChI is InChI=1S/C17H23N3/c1-14(20-8-2-3-9-20)11-19-12-15-4-5-17-13-18-7-6-16(17)10-15/h4-7,10,13-14,19H,2-3,8-9,11-12H2,1H3. The van der Waals surface area contributed by atoms with E-state index < -0.39 is 0 Å². The molecule has 1 N–H and O–H groups in total. The molecule has 0 saturated carbocycles. The first-order valence-electron chi connectivity index (χ1n) is 7.60. The maximum absolute atomic E-state index is 4.15. The van der Waals surface area contributed by atoms with E-state index in [0.29, 0.717) is 6.04 Å². The van der Waals surface area contributed by atoms with Gasteiger partial charge in [-0.2, -0.15) is 0 Å². The van der Waals surface area contributed by atoms with Gasteiger partial charge < -0.3 is 5.32 Å². The molecule has 0 spiro atoms. The quantitative estimate of drug-likeness (QED) is 0.904. The van der Waals surface area contributed by atoms with Crippen LogP contribution in [-0.2, 0) is 6.54 Å². The summed E-state index contributed by atoms with van der Waals surface area (Å²) < 4.78 is 0. The molecular weight excluding hydrogens is 246 g/mol. The molecule has 2 heterocycles. The van der Waals surface area contributed by atoms with Crippen LogP contribution in [0.3, 0.4) is 0 Å². The Kier molecular flexibility index (Phi) is 4.28. The van der Waals surface area contributed by atoms with Gasteiger partial charge in [0.1, 0.15) is 0 Å². The topological polar surface area (TPSA) is 28.2 Å². The zero-order valence-corrected chi connectivity index (χ0v) is 12.2. The minimum atomic E-state index is 0.641. The van der Waals surface area contributed by atoms with Gasteiger partial charge in [0.25, 0.3) is 0 Å². The second-order valence-corrected chi connectivity index (χ2v) is 5.78. The number of fused-ring (bicyclic) bond motifs is 1. The lowest BCUT2D eigenvalue weighted by atomic mass is 10.1. The average molecular weight is 269 g/mol. The van der Waals surface area contributed by atoms with Gasteiger partial charge in [-0.3, -0.25) is 9.88 Å². The van der Waals surface area contributed by atoms with E-state index in [1.54, 1.807) is 0 Å². The van der Waals surface area contributed by atoms with E-state index in [9.17, 15) is 0 Å². The van der Waals surface area contributed by atoms with Crippen molar-refractivity contribution in [2.24, 2.45) is 0 Å². The van der Waals surface area contributed by atoms with Gasteiger partial charge in [0, 0.05) is 36.9 Å². The van der Waals surface area contributed by atoms with Crippen molar-refractivity contribution in [1.29, 1.82) is 0 Å². The van der Waals surface area contributed by atoms with Gasteiger partial charge in [-0.15, -0.1) is 0 Å². The SMILES string of the molecule is CC(CNCc1ccc2cnccc2c1)N1CCCC1. The van der Waals surface area contributed by atoms with Crippen molar-refractivity contribution in [3.8, 4) is 0 Å². The Morgan fingerprint density at radius 2 is 2.05 bits per heavy atom. The monoisotopic (exact) mass is 269 g/mol. The maximum Gasteiger partial charge on any atom is 0.0346 e. The van der Waals surface area contributed by atoms with Crippen LogP contribution in [0.4, 0.5) is 0 Å². The zero-order valence-electron chi connectivity index (χ0n) is 12.2. The van der Waals surface area contributed by atoms with Crippen molar-refractivity contribution in [3.63, 3.8) is 0 Å². The van der Waals surface area contributed by atoms with Crippen molar-refractivity contribution in [3.05, 3.63) is 42.2 Å². The lowest BCUT2D eigenvalue weighted by Crippen LogP contribution is -2.38. The van der Waals surface area contributed by atoms with Gasteiger partial charge in [0.05, 0.1) is 0 Å². The largest absolute Gasteiger partial charge is 0.311 e. The van der Waals surface area contributed by atoms with Crippen molar-refractivity contribution in [1.82, 2.24) is 15.2 Å². The molecule has 1 aromatic carbocycles. The third-order valence-corrected chi connectivity index (χ3v) is 4.24. The molecule has 20 heavy (non-hydrogen) atoms. The lowest BCUT2D eigenvalue weighted by Gasteiger charge is -2.24. The second kappa shape index (κ2) is 6.33. The Morgan fingerprint density at radius 1 is 1.20 bits per heavy atom. The fourth-order valence-electron chi connectivity index (χ4n) is 2.98. The molecule has 0 amide bonds. The van der Waals surface area contributed by atoms with Crippen molar-refractivity contribution >= 4 is 10.8 Å². The molecule has 0 aliphatic carbocycles. The Balaban J connectivity index is 1.54. The van der Waals surface area contributed by atoms with E-state index in [1.807, 2.05) is 12.4 Å². The summed E-state index contributed by atoms with van der Waals surface area (Å²) >= 11 is 0. The van der Waals surface area contributed by atoms with E-state index in [-0.39, 0.29) is 0 Å². The Bertz CT molecular complexity index is 561. The number of pyridine rings is 1. The van der Waals surface area contributed by atoms with Crippen LogP contribution in [0.25, 0.3) is 10.8 Å². The fraction of sp³-hybridized carbons (Fsp3) is 0.471. The van der Waals surface area contributed by atoms with Gasteiger partial charge in [0.15, 0.2) is 0 Å². The summed E-state index contributed by atoms with van der Waals surface area (Å²) in [6.45, 7) is 6.87. The number of benzene rings is 1. The molecule has 3 nitrogen and oxygen atoms in total. The van der Waals surface area contributed by atoms with Crippen LogP contribution in [0.1, 0.15) is 25.3 Å². The van der Waals surface area contributed by atoms with Crippen LogP contribution in [0.2, 0.25) is 0 Å². The fourth-order valence-corrected chi connectivity index (χ4v) is 2.98. The van der Waals surface area contributed by atoms with Crippen molar-refractivity contribution < 1.29 is 0 Å². The highest BCUT2D eigenvalue weighted by molar-refractivity contribution is 5.81. The average Bonchev–Trinajstić information content (AvgIpc) is 3.01. The van der Waals surface area contributed by atoms with Crippen LogP contribution >= 0.6 is 0 Å². The first-order chi connectivity index (χ1) is 9.83. The summed E-state index contributed by atoms with van der Waals surface area (Å²) in [5.74, 6) is 0. The molecule has 0 radical (unpaired) electrons. The summed E-state index contributed by atoms with van der Waals surface area (Å²) in [4.78, 5) is 6.73. The van der Waals surface area contributed by atoms with Gasteiger partial charge >= 0.3 is 0 Å². The number of nitrogens with one attached hydrogen (secondary N) is 1. The maximum atomic E-state index is 4.15. The number of rotatable bonds is 5. The molecule has 1 aromatic heterocycles. The summed E-state index contributed by atoms with van der Waals surface area (Å²) in [5.41, 5.74) is 1.34. The Morgan fingerprint density at radius 3 is 2.90 bits per heavy atom. The highest BCUT2D eigenvalue weighted by atomic mass is 15.2.